The zero-order valence-corrected chi connectivity index (χ0v) is 16.2. The summed E-state index contributed by atoms with van der Waals surface area (Å²) >= 11 is 1.14. The van der Waals surface area contributed by atoms with Crippen molar-refractivity contribution >= 4 is 22.4 Å². The molecule has 3 rings (SSSR count). The fourth-order valence-corrected chi connectivity index (χ4v) is 3.52. The van der Waals surface area contributed by atoms with Gasteiger partial charge < -0.3 is 0 Å². The van der Waals surface area contributed by atoms with Gasteiger partial charge in [0.2, 0.25) is 5.13 Å². The van der Waals surface area contributed by atoms with Crippen LogP contribution in [0.2, 0.25) is 0 Å². The maximum absolute atomic E-state index is 13.7. The second-order valence-corrected chi connectivity index (χ2v) is 7.77. The molecule has 1 amide bonds. The highest BCUT2D eigenvalue weighted by Crippen LogP contribution is 2.34. The molecular weight excluding hydrogens is 391 g/mol. The molecule has 6 nitrogen and oxygen atoms in total. The van der Waals surface area contributed by atoms with Crippen molar-refractivity contribution in [3.8, 4) is 5.69 Å². The van der Waals surface area contributed by atoms with Crippen molar-refractivity contribution in [3.05, 3.63) is 52.3 Å². The topological polar surface area (TPSA) is 72.7 Å². The lowest BCUT2D eigenvalue weighted by atomic mass is 10.1. The molecule has 0 bridgehead atoms. The fraction of sp³-hybridized carbons (Fsp3) is 0.333. The summed E-state index contributed by atoms with van der Waals surface area (Å²) in [5.41, 5.74) is -0.600. The minimum Gasteiger partial charge on any atom is -0.296 e. The van der Waals surface area contributed by atoms with Gasteiger partial charge in [0, 0.05) is 6.42 Å². The summed E-state index contributed by atoms with van der Waals surface area (Å²) in [4.78, 5) is 12.5. The van der Waals surface area contributed by atoms with Crippen LogP contribution in [0.3, 0.4) is 0 Å². The highest BCUT2D eigenvalue weighted by molar-refractivity contribution is 7.15. The van der Waals surface area contributed by atoms with Gasteiger partial charge in [-0.3, -0.25) is 10.1 Å². The van der Waals surface area contributed by atoms with Crippen LogP contribution in [0.1, 0.15) is 40.5 Å². The van der Waals surface area contributed by atoms with E-state index in [1.165, 1.54) is 12.1 Å². The first-order chi connectivity index (χ1) is 13.1. The molecule has 1 aromatic carbocycles. The van der Waals surface area contributed by atoms with E-state index in [1.54, 1.807) is 12.1 Å². The van der Waals surface area contributed by atoms with E-state index in [2.05, 4.69) is 20.6 Å². The molecule has 1 N–H and O–H groups in total. The second kappa shape index (κ2) is 7.70. The van der Waals surface area contributed by atoms with E-state index in [-0.39, 0.29) is 10.8 Å². The summed E-state index contributed by atoms with van der Waals surface area (Å²) < 4.78 is 41.8. The Balaban J connectivity index is 1.92. The third-order valence-electron chi connectivity index (χ3n) is 3.83. The summed E-state index contributed by atoms with van der Waals surface area (Å²) in [6, 6.07) is 6.38. The number of nitrogens with one attached hydrogen (secondary N) is 1. The summed E-state index contributed by atoms with van der Waals surface area (Å²) in [5, 5.41) is 14.8. The first kappa shape index (κ1) is 20.0. The zero-order valence-electron chi connectivity index (χ0n) is 15.4. The maximum atomic E-state index is 13.7. The van der Waals surface area contributed by atoms with Crippen molar-refractivity contribution in [1.82, 2.24) is 20.0 Å². The number of aryl methyl sites for hydroxylation is 1. The van der Waals surface area contributed by atoms with Crippen molar-refractivity contribution < 1.29 is 18.0 Å². The molecule has 2 heterocycles. The average molecular weight is 409 g/mol. The van der Waals surface area contributed by atoms with E-state index in [9.17, 15) is 18.0 Å². The Bertz CT molecular complexity index is 976. The molecule has 28 heavy (non-hydrogen) atoms. The van der Waals surface area contributed by atoms with Gasteiger partial charge in [0.25, 0.3) is 5.91 Å². The number of alkyl halides is 3. The van der Waals surface area contributed by atoms with Gasteiger partial charge in [0.15, 0.2) is 5.69 Å². The largest absolute Gasteiger partial charge is 0.434 e. The SMILES string of the molecule is Cc1ccc(-n2ncc(C(=O)Nc3nnc(CC(C)C)s3)c2C(F)(F)F)cc1. The third-order valence-corrected chi connectivity index (χ3v) is 4.69. The minimum atomic E-state index is -4.77. The van der Waals surface area contributed by atoms with Gasteiger partial charge in [-0.05, 0) is 25.0 Å². The first-order valence-electron chi connectivity index (χ1n) is 8.51. The third kappa shape index (κ3) is 4.38. The number of hydrogen-bond acceptors (Lipinski definition) is 5. The van der Waals surface area contributed by atoms with Crippen LogP contribution in [0.15, 0.2) is 30.5 Å². The molecule has 0 spiro atoms. The van der Waals surface area contributed by atoms with Gasteiger partial charge >= 0.3 is 6.18 Å². The molecule has 10 heteroatoms. The van der Waals surface area contributed by atoms with Crippen LogP contribution in [-0.2, 0) is 12.6 Å². The highest BCUT2D eigenvalue weighted by atomic mass is 32.1. The number of aromatic nitrogens is 4. The standard InChI is InChI=1S/C18H18F3N5OS/c1-10(2)8-14-24-25-17(28-14)23-16(27)13-9-22-26(15(13)18(19,20)21)12-6-4-11(3)5-7-12/h4-7,9-10H,8H2,1-3H3,(H,23,25,27). The van der Waals surface area contributed by atoms with Crippen LogP contribution in [0.25, 0.3) is 5.69 Å². The molecule has 0 unspecified atom stereocenters. The number of rotatable bonds is 5. The normalized spacial score (nSPS) is 11.8. The highest BCUT2D eigenvalue weighted by Gasteiger charge is 2.40. The fourth-order valence-electron chi connectivity index (χ4n) is 2.57. The lowest BCUT2D eigenvalue weighted by Gasteiger charge is -2.12. The number of amides is 1. The second-order valence-electron chi connectivity index (χ2n) is 6.71. The van der Waals surface area contributed by atoms with Crippen LogP contribution in [0, 0.1) is 12.8 Å². The zero-order chi connectivity index (χ0) is 20.5. The van der Waals surface area contributed by atoms with Gasteiger partial charge in [0.05, 0.1) is 17.4 Å². The van der Waals surface area contributed by atoms with Crippen LogP contribution in [0.4, 0.5) is 18.3 Å². The van der Waals surface area contributed by atoms with E-state index in [0.717, 1.165) is 27.8 Å². The average Bonchev–Trinajstić information content (AvgIpc) is 3.21. The Morgan fingerprint density at radius 1 is 1.21 bits per heavy atom. The van der Waals surface area contributed by atoms with E-state index in [1.807, 2.05) is 20.8 Å². The van der Waals surface area contributed by atoms with E-state index in [4.69, 9.17) is 0 Å². The maximum Gasteiger partial charge on any atom is 0.434 e. The smallest absolute Gasteiger partial charge is 0.296 e. The summed E-state index contributed by atoms with van der Waals surface area (Å²) in [6.07, 6.45) is -3.18. The molecule has 148 valence electrons. The first-order valence-corrected chi connectivity index (χ1v) is 9.32. The van der Waals surface area contributed by atoms with Crippen LogP contribution in [-0.4, -0.2) is 25.9 Å². The van der Waals surface area contributed by atoms with Gasteiger partial charge in [-0.25, -0.2) is 4.68 Å². The van der Waals surface area contributed by atoms with Gasteiger partial charge in [0.1, 0.15) is 5.01 Å². The minimum absolute atomic E-state index is 0.150. The molecular formula is C18H18F3N5OS. The molecule has 0 fully saturated rings. The molecule has 0 saturated carbocycles. The van der Waals surface area contributed by atoms with Gasteiger partial charge in [-0.1, -0.05) is 42.9 Å². The Labute approximate surface area is 163 Å². The number of hydrogen-bond donors (Lipinski definition) is 1. The van der Waals surface area contributed by atoms with E-state index in [0.29, 0.717) is 17.3 Å². The predicted molar refractivity (Wildman–Crippen MR) is 99.7 cm³/mol. The Morgan fingerprint density at radius 3 is 2.50 bits per heavy atom. The van der Waals surface area contributed by atoms with Gasteiger partial charge in [-0.15, -0.1) is 10.2 Å². The molecule has 0 saturated heterocycles. The molecule has 0 aliphatic rings. The Hall–Kier alpha value is -2.75. The van der Waals surface area contributed by atoms with Crippen molar-refractivity contribution in [3.63, 3.8) is 0 Å². The number of anilines is 1. The lowest BCUT2D eigenvalue weighted by molar-refractivity contribution is -0.143. The van der Waals surface area contributed by atoms with E-state index < -0.39 is 23.3 Å². The molecule has 0 radical (unpaired) electrons. The van der Waals surface area contributed by atoms with Crippen LogP contribution < -0.4 is 5.32 Å². The number of carbonyl (C=O) groups is 1. The number of halogens is 3. The summed E-state index contributed by atoms with van der Waals surface area (Å²) in [7, 11) is 0. The van der Waals surface area contributed by atoms with Crippen molar-refractivity contribution in [2.45, 2.75) is 33.4 Å². The van der Waals surface area contributed by atoms with Crippen LogP contribution in [0.5, 0.6) is 0 Å². The lowest BCUT2D eigenvalue weighted by Crippen LogP contribution is -2.20. The molecule has 0 atom stereocenters. The molecule has 2 aromatic heterocycles. The van der Waals surface area contributed by atoms with Crippen molar-refractivity contribution in [2.75, 3.05) is 5.32 Å². The molecule has 0 aliphatic heterocycles. The Morgan fingerprint density at radius 2 is 1.89 bits per heavy atom. The van der Waals surface area contributed by atoms with Crippen molar-refractivity contribution in [2.24, 2.45) is 5.92 Å². The predicted octanol–water partition coefficient (Wildman–Crippen LogP) is 4.50. The van der Waals surface area contributed by atoms with Crippen LogP contribution >= 0.6 is 11.3 Å². The monoisotopic (exact) mass is 409 g/mol. The molecule has 0 aliphatic carbocycles. The summed E-state index contributed by atoms with van der Waals surface area (Å²) in [6.45, 7) is 5.84. The molecule has 3 aromatic rings. The Kier molecular flexibility index (Phi) is 5.50. The number of carbonyl (C=O) groups excluding carboxylic acids is 1. The van der Waals surface area contributed by atoms with Crippen molar-refractivity contribution in [1.29, 1.82) is 0 Å². The quantitative estimate of drug-likeness (QED) is 0.673. The van der Waals surface area contributed by atoms with E-state index >= 15 is 0 Å². The number of benzene rings is 1. The summed E-state index contributed by atoms with van der Waals surface area (Å²) in [5.74, 6) is -0.584. The number of nitrogens with zero attached hydrogens (tertiary/aromatic N) is 4. The van der Waals surface area contributed by atoms with Gasteiger partial charge in [-0.2, -0.15) is 18.3 Å².